The maximum absolute atomic E-state index is 13.6. The van der Waals surface area contributed by atoms with Crippen molar-refractivity contribution in [2.24, 2.45) is 5.10 Å². The SMILES string of the molecule is CCOC(=O)c1ccc(NC(=O)C(=O)NCc2ccc(/C=N/NC(=O)C(=O)Nc3ccccc3F)o2)cc1. The summed E-state index contributed by atoms with van der Waals surface area (Å²) in [5.41, 5.74) is 2.42. The maximum atomic E-state index is 13.6. The Morgan fingerprint density at radius 2 is 1.61 bits per heavy atom. The summed E-state index contributed by atoms with van der Waals surface area (Å²) < 4.78 is 23.8. The molecule has 3 aromatic rings. The highest BCUT2D eigenvalue weighted by atomic mass is 19.1. The summed E-state index contributed by atoms with van der Waals surface area (Å²) in [5, 5.41) is 10.5. The van der Waals surface area contributed by atoms with Crippen molar-refractivity contribution in [1.82, 2.24) is 10.7 Å². The number of furan rings is 1. The predicted molar refractivity (Wildman–Crippen MR) is 132 cm³/mol. The van der Waals surface area contributed by atoms with E-state index in [-0.39, 0.29) is 30.4 Å². The maximum Gasteiger partial charge on any atom is 0.338 e. The zero-order valence-corrected chi connectivity index (χ0v) is 19.9. The van der Waals surface area contributed by atoms with Crippen LogP contribution in [-0.2, 0) is 30.5 Å². The Hall–Kier alpha value is -5.33. The van der Waals surface area contributed by atoms with Gasteiger partial charge in [0.05, 0.1) is 30.6 Å². The molecule has 0 aliphatic rings. The Balaban J connectivity index is 1.43. The molecule has 0 aliphatic carbocycles. The molecule has 4 N–H and O–H groups in total. The van der Waals surface area contributed by atoms with Crippen LogP contribution in [0.5, 0.6) is 0 Å². The van der Waals surface area contributed by atoms with E-state index >= 15 is 0 Å². The third-order valence-electron chi connectivity index (χ3n) is 4.65. The molecule has 0 saturated heterocycles. The van der Waals surface area contributed by atoms with Gasteiger partial charge in [-0.15, -0.1) is 0 Å². The van der Waals surface area contributed by atoms with E-state index in [9.17, 15) is 28.4 Å². The van der Waals surface area contributed by atoms with E-state index < -0.39 is 35.4 Å². The van der Waals surface area contributed by atoms with Crippen molar-refractivity contribution in [2.45, 2.75) is 13.5 Å². The Labute approximate surface area is 215 Å². The molecule has 4 amide bonds. The Bertz CT molecular complexity index is 1370. The lowest BCUT2D eigenvalue weighted by molar-refractivity contribution is -0.136. The second-order valence-corrected chi connectivity index (χ2v) is 7.37. The summed E-state index contributed by atoms with van der Waals surface area (Å²) in [6.45, 7) is 1.79. The summed E-state index contributed by atoms with van der Waals surface area (Å²) in [6.07, 6.45) is 1.10. The molecule has 0 saturated carbocycles. The van der Waals surface area contributed by atoms with E-state index in [2.05, 4.69) is 21.1 Å². The van der Waals surface area contributed by atoms with E-state index in [0.29, 0.717) is 11.3 Å². The highest BCUT2D eigenvalue weighted by Crippen LogP contribution is 2.12. The first kappa shape index (κ1) is 27.3. The lowest BCUT2D eigenvalue weighted by Crippen LogP contribution is -2.34. The fraction of sp³-hybridized carbons (Fsp3) is 0.120. The highest BCUT2D eigenvalue weighted by molar-refractivity contribution is 6.40. The van der Waals surface area contributed by atoms with Gasteiger partial charge in [0.25, 0.3) is 0 Å². The molecular formula is C25H22FN5O7. The topological polar surface area (TPSA) is 168 Å². The average molecular weight is 523 g/mol. The molecule has 196 valence electrons. The van der Waals surface area contributed by atoms with Gasteiger partial charge in [-0.3, -0.25) is 19.2 Å². The zero-order valence-electron chi connectivity index (χ0n) is 19.9. The van der Waals surface area contributed by atoms with Gasteiger partial charge in [0.15, 0.2) is 0 Å². The van der Waals surface area contributed by atoms with E-state index in [0.717, 1.165) is 12.3 Å². The van der Waals surface area contributed by atoms with E-state index in [1.54, 1.807) is 6.92 Å². The number of nitrogens with one attached hydrogen (secondary N) is 4. The summed E-state index contributed by atoms with van der Waals surface area (Å²) in [7, 11) is 0. The highest BCUT2D eigenvalue weighted by Gasteiger charge is 2.16. The molecule has 2 aromatic carbocycles. The molecule has 0 aliphatic heterocycles. The number of para-hydroxylation sites is 1. The van der Waals surface area contributed by atoms with Crippen molar-refractivity contribution in [2.75, 3.05) is 17.2 Å². The number of carbonyl (C=O) groups is 5. The van der Waals surface area contributed by atoms with Crippen LogP contribution in [0.4, 0.5) is 15.8 Å². The number of hydrogen-bond donors (Lipinski definition) is 4. The van der Waals surface area contributed by atoms with Gasteiger partial charge in [0, 0.05) is 5.69 Å². The fourth-order valence-corrected chi connectivity index (χ4v) is 2.85. The van der Waals surface area contributed by atoms with Crippen molar-refractivity contribution in [1.29, 1.82) is 0 Å². The molecule has 3 rings (SSSR count). The van der Waals surface area contributed by atoms with E-state index in [4.69, 9.17) is 9.15 Å². The van der Waals surface area contributed by atoms with Gasteiger partial charge in [-0.05, 0) is 55.5 Å². The standard InChI is InChI=1S/C25H22FN5O7/c1-2-37-25(36)15-7-9-16(10-8-15)29-22(33)21(32)27-13-17-11-12-18(38-17)14-28-31-24(35)23(34)30-20-6-4-3-5-19(20)26/h3-12,14H,2,13H2,1H3,(H,27,32)(H,29,33)(H,30,34)(H,31,35)/b28-14+. The van der Waals surface area contributed by atoms with Crippen LogP contribution >= 0.6 is 0 Å². The summed E-state index contributed by atoms with van der Waals surface area (Å²) in [5.74, 6) is -4.87. The number of hydrogen-bond acceptors (Lipinski definition) is 8. The van der Waals surface area contributed by atoms with Crippen molar-refractivity contribution in [3.8, 4) is 0 Å². The monoisotopic (exact) mass is 523 g/mol. The van der Waals surface area contributed by atoms with Gasteiger partial charge in [0.1, 0.15) is 17.3 Å². The number of nitrogens with zero attached hydrogens (tertiary/aromatic N) is 1. The largest absolute Gasteiger partial charge is 0.462 e. The van der Waals surface area contributed by atoms with Crippen LogP contribution in [0.1, 0.15) is 28.8 Å². The van der Waals surface area contributed by atoms with E-state index in [1.165, 1.54) is 54.6 Å². The van der Waals surface area contributed by atoms with Crippen molar-refractivity contribution < 1.29 is 37.5 Å². The van der Waals surface area contributed by atoms with Crippen molar-refractivity contribution in [3.63, 3.8) is 0 Å². The number of esters is 1. The second-order valence-electron chi connectivity index (χ2n) is 7.37. The van der Waals surface area contributed by atoms with Crippen LogP contribution in [0.15, 0.2) is 70.2 Å². The molecule has 1 heterocycles. The minimum Gasteiger partial charge on any atom is -0.462 e. The molecule has 13 heteroatoms. The third kappa shape index (κ3) is 7.84. The van der Waals surface area contributed by atoms with Crippen LogP contribution in [0.2, 0.25) is 0 Å². The first-order valence-electron chi connectivity index (χ1n) is 11.1. The normalized spacial score (nSPS) is 10.5. The number of benzene rings is 2. The number of rotatable bonds is 8. The van der Waals surface area contributed by atoms with Crippen LogP contribution in [0.25, 0.3) is 0 Å². The first-order valence-corrected chi connectivity index (χ1v) is 11.1. The fourth-order valence-electron chi connectivity index (χ4n) is 2.85. The molecule has 0 atom stereocenters. The number of anilines is 2. The summed E-state index contributed by atoms with van der Waals surface area (Å²) in [6, 6.07) is 14.1. The van der Waals surface area contributed by atoms with Gasteiger partial charge >= 0.3 is 29.6 Å². The predicted octanol–water partition coefficient (Wildman–Crippen LogP) is 1.94. The van der Waals surface area contributed by atoms with Gasteiger partial charge in [-0.1, -0.05) is 12.1 Å². The Morgan fingerprint density at radius 1 is 0.895 bits per heavy atom. The molecule has 0 spiro atoms. The summed E-state index contributed by atoms with van der Waals surface area (Å²) >= 11 is 0. The zero-order chi connectivity index (χ0) is 27.5. The molecular weight excluding hydrogens is 501 g/mol. The number of ether oxygens (including phenoxy) is 1. The second kappa shape index (κ2) is 13.1. The lowest BCUT2D eigenvalue weighted by Gasteiger charge is -2.07. The summed E-state index contributed by atoms with van der Waals surface area (Å²) in [4.78, 5) is 59.5. The molecule has 38 heavy (non-hydrogen) atoms. The lowest BCUT2D eigenvalue weighted by atomic mass is 10.2. The third-order valence-corrected chi connectivity index (χ3v) is 4.65. The van der Waals surface area contributed by atoms with Crippen LogP contribution < -0.4 is 21.4 Å². The molecule has 0 bridgehead atoms. The average Bonchev–Trinajstić information content (AvgIpc) is 3.36. The van der Waals surface area contributed by atoms with Crippen molar-refractivity contribution in [3.05, 3.63) is 83.6 Å². The van der Waals surface area contributed by atoms with Gasteiger partial charge in [0.2, 0.25) is 0 Å². The van der Waals surface area contributed by atoms with E-state index in [1.807, 2.05) is 5.43 Å². The molecule has 0 unspecified atom stereocenters. The minimum absolute atomic E-state index is 0.126. The number of carbonyl (C=O) groups excluding carboxylic acids is 5. The number of halogens is 1. The number of amides is 4. The van der Waals surface area contributed by atoms with Crippen molar-refractivity contribution >= 4 is 47.2 Å². The molecule has 0 fully saturated rings. The van der Waals surface area contributed by atoms with Crippen LogP contribution in [-0.4, -0.2) is 42.4 Å². The molecule has 12 nitrogen and oxygen atoms in total. The van der Waals surface area contributed by atoms with Gasteiger partial charge in [-0.25, -0.2) is 14.6 Å². The Morgan fingerprint density at radius 3 is 2.32 bits per heavy atom. The van der Waals surface area contributed by atoms with Gasteiger partial charge in [-0.2, -0.15) is 5.10 Å². The number of hydrazone groups is 1. The minimum atomic E-state index is -1.13. The smallest absolute Gasteiger partial charge is 0.338 e. The molecule has 0 radical (unpaired) electrons. The van der Waals surface area contributed by atoms with Crippen LogP contribution in [0, 0.1) is 5.82 Å². The van der Waals surface area contributed by atoms with Crippen LogP contribution in [0.3, 0.4) is 0 Å². The quantitative estimate of drug-likeness (QED) is 0.151. The first-order chi connectivity index (χ1) is 18.3. The van der Waals surface area contributed by atoms with Gasteiger partial charge < -0.3 is 25.1 Å². The molecule has 1 aromatic heterocycles. The Kier molecular flexibility index (Phi) is 9.40.